The molecule has 0 saturated carbocycles. The molecular weight excluding hydrogens is 168 g/mol. The Hall–Kier alpha value is -0.520. The first kappa shape index (κ1) is 13.5. The predicted octanol–water partition coefficient (Wildman–Crippen LogP) is 4.97. The predicted molar refractivity (Wildman–Crippen MR) is 66.4 cm³/mol. The summed E-state index contributed by atoms with van der Waals surface area (Å²) in [6, 6.07) is 0. The van der Waals surface area contributed by atoms with Crippen LogP contribution in [0.2, 0.25) is 0 Å². The molecule has 0 radical (unpaired) electrons. The van der Waals surface area contributed by atoms with Crippen molar-refractivity contribution < 1.29 is 0 Å². The summed E-state index contributed by atoms with van der Waals surface area (Å²) in [5.41, 5.74) is 2.87. The summed E-state index contributed by atoms with van der Waals surface area (Å²) in [7, 11) is 0. The molecule has 0 N–H and O–H groups in total. The third-order valence-corrected chi connectivity index (χ3v) is 2.31. The Kier molecular flexibility index (Phi) is 6.61. The molecule has 0 bridgehead atoms. The monoisotopic (exact) mass is 194 g/mol. The molecule has 0 nitrogen and oxygen atoms in total. The summed E-state index contributed by atoms with van der Waals surface area (Å²) < 4.78 is 0. The van der Waals surface area contributed by atoms with Crippen molar-refractivity contribution in [2.75, 3.05) is 0 Å². The van der Waals surface area contributed by atoms with Gasteiger partial charge in [0.15, 0.2) is 0 Å². The van der Waals surface area contributed by atoms with E-state index in [1.807, 2.05) is 0 Å². The maximum absolute atomic E-state index is 2.37. The van der Waals surface area contributed by atoms with Crippen LogP contribution in [0.4, 0.5) is 0 Å². The average Bonchev–Trinajstić information content (AvgIpc) is 1.98. The van der Waals surface area contributed by atoms with E-state index in [9.17, 15) is 0 Å². The fourth-order valence-electron chi connectivity index (χ4n) is 1.83. The highest BCUT2D eigenvalue weighted by molar-refractivity contribution is 4.98. The summed E-state index contributed by atoms with van der Waals surface area (Å²) >= 11 is 0. The molecule has 0 aliphatic heterocycles. The van der Waals surface area contributed by atoms with Crippen molar-refractivity contribution in [2.24, 2.45) is 11.8 Å². The highest BCUT2D eigenvalue weighted by Gasteiger charge is 2.02. The Morgan fingerprint density at radius 2 is 1.07 bits per heavy atom. The van der Waals surface area contributed by atoms with Crippen molar-refractivity contribution in [2.45, 2.75) is 54.4 Å². The van der Waals surface area contributed by atoms with E-state index in [-0.39, 0.29) is 0 Å². The molecule has 0 saturated heterocycles. The van der Waals surface area contributed by atoms with Gasteiger partial charge in [-0.1, -0.05) is 37.1 Å². The van der Waals surface area contributed by atoms with Crippen molar-refractivity contribution >= 4 is 0 Å². The fraction of sp³-hybridized carbons (Fsp3) is 0.714. The molecule has 0 aliphatic carbocycles. The summed E-state index contributed by atoms with van der Waals surface area (Å²) in [4.78, 5) is 0. The lowest BCUT2D eigenvalue weighted by Crippen LogP contribution is -1.96. The van der Waals surface area contributed by atoms with Gasteiger partial charge in [0, 0.05) is 0 Å². The lowest BCUT2D eigenvalue weighted by molar-refractivity contribution is 0.532. The Morgan fingerprint density at radius 1 is 0.786 bits per heavy atom. The van der Waals surface area contributed by atoms with Gasteiger partial charge in [0.05, 0.1) is 0 Å². The largest absolute Gasteiger partial charge is 0.0830 e. The molecule has 14 heavy (non-hydrogen) atoms. The zero-order valence-corrected chi connectivity index (χ0v) is 10.7. The van der Waals surface area contributed by atoms with E-state index in [1.165, 1.54) is 24.0 Å². The van der Waals surface area contributed by atoms with Crippen molar-refractivity contribution in [3.8, 4) is 0 Å². The van der Waals surface area contributed by atoms with E-state index < -0.39 is 0 Å². The molecule has 82 valence electrons. The number of allylic oxidation sites excluding steroid dienone is 4. The van der Waals surface area contributed by atoms with Crippen LogP contribution in [0.3, 0.4) is 0 Å². The van der Waals surface area contributed by atoms with Crippen LogP contribution in [-0.4, -0.2) is 0 Å². The zero-order chi connectivity index (χ0) is 11.1. The van der Waals surface area contributed by atoms with Gasteiger partial charge in [0.1, 0.15) is 0 Å². The second-order valence-corrected chi connectivity index (χ2v) is 5.02. The van der Waals surface area contributed by atoms with Crippen molar-refractivity contribution in [3.05, 3.63) is 23.3 Å². The molecule has 0 aromatic carbocycles. The fourth-order valence-corrected chi connectivity index (χ4v) is 1.83. The van der Waals surface area contributed by atoms with Gasteiger partial charge in [0.25, 0.3) is 0 Å². The van der Waals surface area contributed by atoms with Gasteiger partial charge in [-0.2, -0.15) is 0 Å². The highest BCUT2D eigenvalue weighted by Crippen LogP contribution is 2.16. The first-order chi connectivity index (χ1) is 6.41. The van der Waals surface area contributed by atoms with Gasteiger partial charge in [-0.25, -0.2) is 0 Å². The average molecular weight is 194 g/mol. The molecule has 0 heterocycles. The van der Waals surface area contributed by atoms with Crippen LogP contribution in [0.15, 0.2) is 23.3 Å². The maximum atomic E-state index is 2.37. The van der Waals surface area contributed by atoms with E-state index in [1.54, 1.807) is 0 Å². The van der Waals surface area contributed by atoms with Crippen LogP contribution in [0.5, 0.6) is 0 Å². The molecule has 2 atom stereocenters. The van der Waals surface area contributed by atoms with E-state index in [2.05, 4.69) is 53.7 Å². The molecule has 0 rings (SSSR count). The van der Waals surface area contributed by atoms with Gasteiger partial charge in [-0.15, -0.1) is 0 Å². The van der Waals surface area contributed by atoms with Gasteiger partial charge in [-0.05, 0) is 52.4 Å². The minimum absolute atomic E-state index is 0.730. The van der Waals surface area contributed by atoms with E-state index in [0.29, 0.717) is 0 Å². The topological polar surface area (TPSA) is 0 Å². The zero-order valence-electron chi connectivity index (χ0n) is 10.7. The van der Waals surface area contributed by atoms with Gasteiger partial charge in [0.2, 0.25) is 0 Å². The third kappa shape index (κ3) is 8.10. The third-order valence-electron chi connectivity index (χ3n) is 2.31. The standard InChI is InChI=1S/C14H26/c1-11(2)9-13(5)7-8-14(6)10-12(3)4/h9-10,13-14H,7-8H2,1-6H3. The normalized spacial score (nSPS) is 14.4. The van der Waals surface area contributed by atoms with Crippen LogP contribution in [0.1, 0.15) is 54.4 Å². The van der Waals surface area contributed by atoms with Gasteiger partial charge >= 0.3 is 0 Å². The second kappa shape index (κ2) is 6.86. The van der Waals surface area contributed by atoms with Crippen LogP contribution in [0.25, 0.3) is 0 Å². The van der Waals surface area contributed by atoms with Crippen LogP contribution >= 0.6 is 0 Å². The second-order valence-electron chi connectivity index (χ2n) is 5.02. The molecule has 0 spiro atoms. The van der Waals surface area contributed by atoms with Gasteiger partial charge in [-0.3, -0.25) is 0 Å². The minimum atomic E-state index is 0.730. The van der Waals surface area contributed by atoms with E-state index >= 15 is 0 Å². The Bertz CT molecular complexity index is 176. The Morgan fingerprint density at radius 3 is 1.29 bits per heavy atom. The first-order valence-electron chi connectivity index (χ1n) is 5.72. The minimum Gasteiger partial charge on any atom is -0.0830 e. The molecule has 0 aromatic rings. The first-order valence-corrected chi connectivity index (χ1v) is 5.72. The summed E-state index contributed by atoms with van der Waals surface area (Å²) in [5.74, 6) is 1.46. The molecule has 0 heteroatoms. The van der Waals surface area contributed by atoms with E-state index in [4.69, 9.17) is 0 Å². The molecule has 0 aromatic heterocycles. The highest BCUT2D eigenvalue weighted by atomic mass is 14.1. The summed E-state index contributed by atoms with van der Waals surface area (Å²) in [6.45, 7) is 13.3. The Balaban J connectivity index is 3.83. The Labute approximate surface area is 90.1 Å². The summed E-state index contributed by atoms with van der Waals surface area (Å²) in [5, 5.41) is 0. The molecule has 2 unspecified atom stereocenters. The molecule has 0 aliphatic rings. The SMILES string of the molecule is CC(C)=CC(C)CCC(C)C=C(C)C. The van der Waals surface area contributed by atoms with Crippen molar-refractivity contribution in [1.82, 2.24) is 0 Å². The van der Waals surface area contributed by atoms with Gasteiger partial charge < -0.3 is 0 Å². The quantitative estimate of drug-likeness (QED) is 0.542. The number of hydrogen-bond donors (Lipinski definition) is 0. The molecule has 0 fully saturated rings. The molecule has 0 amide bonds. The van der Waals surface area contributed by atoms with Crippen molar-refractivity contribution in [3.63, 3.8) is 0 Å². The van der Waals surface area contributed by atoms with Crippen molar-refractivity contribution in [1.29, 1.82) is 0 Å². The smallest absolute Gasteiger partial charge is 0.0259 e. The number of hydrogen-bond acceptors (Lipinski definition) is 0. The lowest BCUT2D eigenvalue weighted by Gasteiger charge is -2.10. The van der Waals surface area contributed by atoms with Crippen LogP contribution in [-0.2, 0) is 0 Å². The lowest BCUT2D eigenvalue weighted by atomic mass is 9.95. The summed E-state index contributed by atoms with van der Waals surface area (Å²) in [6.07, 6.45) is 7.34. The van der Waals surface area contributed by atoms with Crippen LogP contribution in [0, 0.1) is 11.8 Å². The molecular formula is C14H26. The maximum Gasteiger partial charge on any atom is -0.0259 e. The number of rotatable bonds is 5. The van der Waals surface area contributed by atoms with Crippen LogP contribution < -0.4 is 0 Å². The van der Waals surface area contributed by atoms with E-state index in [0.717, 1.165) is 11.8 Å².